The highest BCUT2D eigenvalue weighted by atomic mass is 35.5. The monoisotopic (exact) mass is 710 g/mol. The molecule has 3 heterocycles. The molecule has 0 aromatic heterocycles. The van der Waals surface area contributed by atoms with Gasteiger partial charge in [-0.15, -0.1) is 0 Å². The summed E-state index contributed by atoms with van der Waals surface area (Å²) in [5.74, 6) is 0.543. The quantitative estimate of drug-likeness (QED) is 0.296. The Bertz CT molecular complexity index is 1640. The summed E-state index contributed by atoms with van der Waals surface area (Å²) >= 11 is 6.45. The summed E-state index contributed by atoms with van der Waals surface area (Å²) in [6.45, 7) is 5.04. The number of amides is 3. The van der Waals surface area contributed by atoms with Gasteiger partial charge in [-0.05, 0) is 117 Å². The van der Waals surface area contributed by atoms with Crippen LogP contribution in [0.1, 0.15) is 60.5 Å². The Morgan fingerprint density at radius 2 is 1.92 bits per heavy atom. The van der Waals surface area contributed by atoms with E-state index in [9.17, 15) is 13.8 Å². The lowest BCUT2D eigenvalue weighted by Crippen LogP contribution is -2.62. The normalized spacial score (nSPS) is 27.7. The summed E-state index contributed by atoms with van der Waals surface area (Å²) in [7, 11) is 3.71. The van der Waals surface area contributed by atoms with Crippen LogP contribution >= 0.6 is 11.6 Å². The van der Waals surface area contributed by atoms with Crippen LogP contribution in [0.25, 0.3) is 0 Å². The Labute approximate surface area is 297 Å². The van der Waals surface area contributed by atoms with Crippen LogP contribution in [0.5, 0.6) is 5.75 Å². The van der Waals surface area contributed by atoms with Gasteiger partial charge in [-0.25, -0.2) is 4.79 Å². The zero-order chi connectivity index (χ0) is 34.7. The van der Waals surface area contributed by atoms with Crippen LogP contribution in [-0.4, -0.2) is 86.7 Å². The molecule has 2 aromatic carbocycles. The molecule has 2 bridgehead atoms. The van der Waals surface area contributed by atoms with Gasteiger partial charge in [-0.2, -0.15) is 10.6 Å². The summed E-state index contributed by atoms with van der Waals surface area (Å²) < 4.78 is 30.4. The molecule has 3 aliphatic heterocycles. The standard InChI is InChI=1S/C37H49ClN5O5S/c1-24-8-7-10-33(47-4)31-15-12-28(31)21-42-20-27-11-14-29(38)18-25(27)9-5-6-17-48-34-16-13-26(19-32(34)42)35(44)40-49(46)36(24)39-37(45)43-22-30(23-43)41(2)3/h7,10-11,13-14,16,18-19,24,28,30-31,33,36H,5-6,8-9,12,15,17,20-23H2,1-4H3,(H,39,45)/q-1/b10-7+/t24-,28-,31+,33-,36?/m0/s1. The van der Waals surface area contributed by atoms with E-state index in [0.29, 0.717) is 55.8 Å². The predicted molar refractivity (Wildman–Crippen MR) is 193 cm³/mol. The number of likely N-dealkylation sites (N-methyl/N-ethyl adjacent to an activating group) is 1. The second kappa shape index (κ2) is 15.8. The molecule has 6 rings (SSSR count). The predicted octanol–water partition coefficient (Wildman–Crippen LogP) is 6.27. The number of benzene rings is 2. The van der Waals surface area contributed by atoms with Gasteiger partial charge in [0.2, 0.25) is 0 Å². The molecule has 5 atom stereocenters. The maximum Gasteiger partial charge on any atom is 0.316 e. The van der Waals surface area contributed by atoms with Gasteiger partial charge in [0, 0.05) is 49.9 Å². The van der Waals surface area contributed by atoms with Crippen LogP contribution in [-0.2, 0) is 32.5 Å². The zero-order valence-electron chi connectivity index (χ0n) is 29.0. The van der Waals surface area contributed by atoms with E-state index in [1.165, 1.54) is 11.1 Å². The Morgan fingerprint density at radius 1 is 1.10 bits per heavy atom. The van der Waals surface area contributed by atoms with Crippen LogP contribution in [0.2, 0.25) is 5.02 Å². The minimum Gasteiger partial charge on any atom is -0.491 e. The third-order valence-electron chi connectivity index (χ3n) is 10.7. The third kappa shape index (κ3) is 8.27. The van der Waals surface area contributed by atoms with Gasteiger partial charge in [0.15, 0.2) is 0 Å². The van der Waals surface area contributed by atoms with Crippen molar-refractivity contribution in [2.45, 2.75) is 69.5 Å². The molecular formula is C37H49ClN5O5S-. The fraction of sp³-hybridized carbons (Fsp3) is 0.568. The molecule has 12 heteroatoms. The number of allylic oxidation sites excluding steroid dienone is 1. The van der Waals surface area contributed by atoms with Crippen molar-refractivity contribution in [1.29, 1.82) is 0 Å². The summed E-state index contributed by atoms with van der Waals surface area (Å²) in [5.41, 5.74) is 3.55. The third-order valence-corrected chi connectivity index (χ3v) is 12.3. The van der Waals surface area contributed by atoms with E-state index < -0.39 is 21.9 Å². The van der Waals surface area contributed by atoms with Crippen molar-refractivity contribution in [2.24, 2.45) is 22.1 Å². The number of halogens is 1. The number of fused-ring (bicyclic) bond motifs is 3. The Morgan fingerprint density at radius 3 is 2.65 bits per heavy atom. The number of hydrogen-bond donors (Lipinski definition) is 1. The number of methoxy groups -OCH3 is 1. The number of ether oxygens (including phenoxy) is 2. The SMILES string of the molecule is CO[C@H]1/C=C/C[C@H](C)C(NC(=O)N2CC(N(C)C)C2)[S-](=O)=NC(=O)c2ccc3c(c2)N(Cc2ccc(Cl)cc2CCCCO3)C[C@@H]2CC[C@H]21. The molecule has 2 fully saturated rings. The first-order valence-electron chi connectivity index (χ1n) is 17.5. The van der Waals surface area contributed by atoms with E-state index in [1.807, 2.05) is 39.2 Å². The molecule has 2 aromatic rings. The van der Waals surface area contributed by atoms with Gasteiger partial charge < -0.3 is 38.1 Å². The molecule has 1 aliphatic carbocycles. The van der Waals surface area contributed by atoms with Crippen molar-refractivity contribution in [3.8, 4) is 5.75 Å². The highest BCUT2D eigenvalue weighted by Crippen LogP contribution is 2.42. The Hall–Kier alpha value is -3.12. The van der Waals surface area contributed by atoms with Crippen molar-refractivity contribution >= 4 is 39.8 Å². The van der Waals surface area contributed by atoms with Crippen molar-refractivity contribution in [2.75, 3.05) is 52.3 Å². The van der Waals surface area contributed by atoms with E-state index in [-0.39, 0.29) is 24.1 Å². The van der Waals surface area contributed by atoms with E-state index in [4.69, 9.17) is 21.1 Å². The van der Waals surface area contributed by atoms with E-state index in [2.05, 4.69) is 43.8 Å². The van der Waals surface area contributed by atoms with Crippen LogP contribution in [0.4, 0.5) is 10.5 Å². The van der Waals surface area contributed by atoms with Crippen molar-refractivity contribution in [3.05, 3.63) is 70.3 Å². The second-order valence-corrected chi connectivity index (χ2v) is 15.9. The highest BCUT2D eigenvalue weighted by molar-refractivity contribution is 7.75. The molecule has 3 amide bonds. The van der Waals surface area contributed by atoms with E-state index in [0.717, 1.165) is 49.4 Å². The van der Waals surface area contributed by atoms with Gasteiger partial charge in [-0.3, -0.25) is 4.79 Å². The first kappa shape index (κ1) is 35.7. The molecule has 1 unspecified atom stereocenters. The minimum atomic E-state index is -2.03. The smallest absolute Gasteiger partial charge is 0.316 e. The largest absolute Gasteiger partial charge is 0.491 e. The van der Waals surface area contributed by atoms with Gasteiger partial charge in [-0.1, -0.05) is 36.7 Å². The van der Waals surface area contributed by atoms with Crippen LogP contribution < -0.4 is 15.0 Å². The molecule has 0 radical (unpaired) electrons. The number of hydrogen-bond acceptors (Lipinski definition) is 8. The maximum atomic E-state index is 13.9. The lowest BCUT2D eigenvalue weighted by Gasteiger charge is -2.44. The molecule has 49 heavy (non-hydrogen) atoms. The number of urea groups is 1. The maximum absolute atomic E-state index is 13.9. The lowest BCUT2D eigenvalue weighted by molar-refractivity contribution is 0.0133. The van der Waals surface area contributed by atoms with Crippen LogP contribution in [0.15, 0.2) is 52.9 Å². The Kier molecular flexibility index (Phi) is 11.5. The van der Waals surface area contributed by atoms with Gasteiger partial charge in [0.05, 0.1) is 18.4 Å². The first-order valence-corrected chi connectivity index (χ1v) is 19.0. The number of nitrogens with zero attached hydrogens (tertiary/aromatic N) is 4. The van der Waals surface area contributed by atoms with Crippen LogP contribution in [0, 0.1) is 17.8 Å². The minimum absolute atomic E-state index is 0.0789. The number of carbonyl (C=O) groups excluding carboxylic acids is 2. The van der Waals surface area contributed by atoms with Gasteiger partial charge >= 0.3 is 6.03 Å². The second-order valence-electron chi connectivity index (χ2n) is 14.2. The average molecular weight is 711 g/mol. The molecule has 1 saturated heterocycles. The number of likely N-dealkylation sites (tertiary alicyclic amines) is 1. The fourth-order valence-corrected chi connectivity index (χ4v) is 8.57. The molecule has 10 nitrogen and oxygen atoms in total. The summed E-state index contributed by atoms with van der Waals surface area (Å²) in [5, 5.41) is 2.83. The Balaban J connectivity index is 1.38. The molecule has 0 spiro atoms. The van der Waals surface area contributed by atoms with Gasteiger partial charge in [0.25, 0.3) is 5.91 Å². The number of carbonyl (C=O) groups is 2. The summed E-state index contributed by atoms with van der Waals surface area (Å²) in [6.07, 6.45) is 9.52. The molecule has 4 aliphatic rings. The molecule has 1 saturated carbocycles. The molecule has 266 valence electrons. The topological polar surface area (TPSA) is 104 Å². The number of nitrogens with one attached hydrogen (secondary N) is 1. The number of aryl methyl sites for hydroxylation is 1. The van der Waals surface area contributed by atoms with Crippen LogP contribution in [0.3, 0.4) is 0 Å². The van der Waals surface area contributed by atoms with E-state index in [1.54, 1.807) is 18.1 Å². The fourth-order valence-electron chi connectivity index (χ4n) is 7.28. The van der Waals surface area contributed by atoms with Gasteiger partial charge in [0.1, 0.15) is 5.75 Å². The van der Waals surface area contributed by atoms with Crippen molar-refractivity contribution in [1.82, 2.24) is 15.1 Å². The molecule has 1 N–H and O–H groups in total. The summed E-state index contributed by atoms with van der Waals surface area (Å²) in [6, 6.07) is 11.5. The first-order chi connectivity index (χ1) is 23.6. The average Bonchev–Trinajstić information content (AvgIpc) is 3.06. The lowest BCUT2D eigenvalue weighted by atomic mass is 9.70. The molecular weight excluding hydrogens is 662 g/mol. The van der Waals surface area contributed by atoms with Crippen molar-refractivity contribution < 1.29 is 23.3 Å². The van der Waals surface area contributed by atoms with Crippen molar-refractivity contribution in [3.63, 3.8) is 0 Å². The highest BCUT2D eigenvalue weighted by Gasteiger charge is 2.38. The van der Waals surface area contributed by atoms with E-state index >= 15 is 0 Å². The number of anilines is 1. The number of rotatable bonds is 3. The zero-order valence-corrected chi connectivity index (χ0v) is 30.5. The summed E-state index contributed by atoms with van der Waals surface area (Å²) in [4.78, 5) is 33.1.